The zero-order chi connectivity index (χ0) is 13.6. The van der Waals surface area contributed by atoms with Gasteiger partial charge < -0.3 is 0 Å². The van der Waals surface area contributed by atoms with Crippen LogP contribution in [0.15, 0.2) is 12.2 Å². The third-order valence-corrected chi connectivity index (χ3v) is 3.32. The van der Waals surface area contributed by atoms with E-state index in [2.05, 4.69) is 11.5 Å². The third-order valence-electron chi connectivity index (χ3n) is 3.32. The predicted octanol–water partition coefficient (Wildman–Crippen LogP) is 4.17. The van der Waals surface area contributed by atoms with Gasteiger partial charge in [-0.25, -0.2) is 4.89 Å². The number of hydrogen-bond acceptors (Lipinski definition) is 2. The van der Waals surface area contributed by atoms with Crippen molar-refractivity contribution in [1.82, 2.24) is 0 Å². The molecule has 0 aromatic rings. The third kappa shape index (κ3) is 4.80. The summed E-state index contributed by atoms with van der Waals surface area (Å²) < 4.78 is 21.7. The summed E-state index contributed by atoms with van der Waals surface area (Å²) >= 11 is 0. The van der Waals surface area contributed by atoms with Crippen molar-refractivity contribution in [1.29, 1.82) is 0 Å². The molecule has 1 saturated carbocycles. The highest BCUT2D eigenvalue weighted by molar-refractivity contribution is 4.96. The topological polar surface area (TPSA) is 29.5 Å². The second kappa shape index (κ2) is 7.02. The van der Waals surface area contributed by atoms with Gasteiger partial charge in [-0.05, 0) is 24.8 Å². The van der Waals surface area contributed by atoms with Crippen LogP contribution in [0.4, 0.5) is 0 Å². The van der Waals surface area contributed by atoms with Gasteiger partial charge in [0, 0.05) is 4.11 Å². The Bertz CT molecular complexity index is 257. The molecular weight excluding hydrogens is 188 g/mol. The Balaban J connectivity index is 2.28. The quantitative estimate of drug-likeness (QED) is 0.409. The van der Waals surface area contributed by atoms with E-state index in [0.717, 1.165) is 18.8 Å². The van der Waals surface area contributed by atoms with Crippen molar-refractivity contribution < 1.29 is 14.3 Å². The van der Waals surface area contributed by atoms with Crippen molar-refractivity contribution >= 4 is 0 Å². The average molecular weight is 215 g/mol. The maximum Gasteiger partial charge on any atom is 0.113 e. The molecule has 1 aliphatic carbocycles. The molecule has 1 unspecified atom stereocenters. The molecule has 2 heteroatoms. The Kier molecular flexibility index (Phi) is 4.10. The molecule has 2 nitrogen and oxygen atoms in total. The van der Waals surface area contributed by atoms with Crippen LogP contribution in [0, 0.1) is 5.92 Å². The monoisotopic (exact) mass is 215 g/mol. The second-order valence-electron chi connectivity index (χ2n) is 4.55. The number of rotatable bonds is 6. The molecule has 0 radical (unpaired) electrons. The van der Waals surface area contributed by atoms with E-state index in [1.165, 1.54) is 32.1 Å². The van der Waals surface area contributed by atoms with E-state index < -0.39 is 13.0 Å². The minimum atomic E-state index is -2.25. The minimum Gasteiger partial charge on any atom is -0.251 e. The molecule has 0 amide bonds. The van der Waals surface area contributed by atoms with Crippen molar-refractivity contribution in [3.05, 3.63) is 12.2 Å². The summed E-state index contributed by atoms with van der Waals surface area (Å²) in [6.45, 7) is 1.26. The van der Waals surface area contributed by atoms with Crippen molar-refractivity contribution in [2.45, 2.75) is 64.3 Å². The molecule has 0 saturated heterocycles. The number of hydrogen-bond donors (Lipinski definition) is 1. The van der Waals surface area contributed by atoms with Crippen LogP contribution in [-0.2, 0) is 4.89 Å². The predicted molar refractivity (Wildman–Crippen MR) is 62.7 cm³/mol. The van der Waals surface area contributed by atoms with E-state index in [0.29, 0.717) is 6.42 Å². The zero-order valence-corrected chi connectivity index (χ0v) is 9.37. The lowest BCUT2D eigenvalue weighted by molar-refractivity contribution is -0.269. The summed E-state index contributed by atoms with van der Waals surface area (Å²) in [6.07, 6.45) is 8.27. The van der Waals surface area contributed by atoms with Crippen LogP contribution in [0.2, 0.25) is 0 Å². The van der Waals surface area contributed by atoms with Gasteiger partial charge in [0.1, 0.15) is 6.10 Å². The van der Waals surface area contributed by atoms with Gasteiger partial charge >= 0.3 is 0 Å². The van der Waals surface area contributed by atoms with Crippen molar-refractivity contribution in [3.8, 4) is 0 Å². The van der Waals surface area contributed by atoms with Crippen LogP contribution in [0.1, 0.15) is 62.3 Å². The molecular formula is C13H24O2. The lowest BCUT2D eigenvalue weighted by Crippen LogP contribution is -2.13. The van der Waals surface area contributed by atoms with Crippen LogP contribution in [0.5, 0.6) is 0 Å². The highest BCUT2D eigenvalue weighted by Gasteiger charge is 2.15. The molecule has 1 rings (SSSR count). The van der Waals surface area contributed by atoms with Crippen molar-refractivity contribution in [3.63, 3.8) is 0 Å². The van der Waals surface area contributed by atoms with Gasteiger partial charge in [0.15, 0.2) is 0 Å². The normalized spacial score (nSPS) is 23.9. The SMILES string of the molecule is [2H]C([2H])([2H])C(=C)C(CCCC1CCCCC1)OO. The Morgan fingerprint density at radius 3 is 2.87 bits per heavy atom. The van der Waals surface area contributed by atoms with Crippen LogP contribution >= 0.6 is 0 Å². The summed E-state index contributed by atoms with van der Waals surface area (Å²) in [6, 6.07) is 0. The van der Waals surface area contributed by atoms with E-state index in [4.69, 9.17) is 9.37 Å². The maximum atomic E-state index is 8.79. The second-order valence-corrected chi connectivity index (χ2v) is 4.55. The van der Waals surface area contributed by atoms with E-state index in [9.17, 15) is 0 Å². The molecule has 15 heavy (non-hydrogen) atoms. The van der Waals surface area contributed by atoms with Crippen LogP contribution in [-0.4, -0.2) is 11.4 Å². The highest BCUT2D eigenvalue weighted by atomic mass is 17.1. The molecule has 1 fully saturated rings. The Morgan fingerprint density at radius 2 is 2.27 bits per heavy atom. The Hall–Kier alpha value is -0.340. The molecule has 1 N–H and O–H groups in total. The standard InChI is InChI=1S/C13H24O2/c1-11(2)13(15-14)10-6-9-12-7-4-3-5-8-12/h12-14H,1,3-10H2,2H3/i2D3. The minimum absolute atomic E-state index is 0.00589. The van der Waals surface area contributed by atoms with E-state index in [1.54, 1.807) is 0 Å². The summed E-state index contributed by atoms with van der Waals surface area (Å²) in [7, 11) is 0. The first-order valence-corrected chi connectivity index (χ1v) is 5.94. The van der Waals surface area contributed by atoms with Gasteiger partial charge in [-0.1, -0.05) is 51.5 Å². The fourth-order valence-corrected chi connectivity index (χ4v) is 2.36. The fraction of sp³-hybridized carbons (Fsp3) is 0.846. The molecule has 1 atom stereocenters. The molecule has 0 aromatic carbocycles. The zero-order valence-electron chi connectivity index (χ0n) is 12.4. The first-order valence-electron chi connectivity index (χ1n) is 7.44. The van der Waals surface area contributed by atoms with Crippen molar-refractivity contribution in [2.24, 2.45) is 5.92 Å². The van der Waals surface area contributed by atoms with Gasteiger partial charge in [0.2, 0.25) is 0 Å². The molecule has 0 heterocycles. The lowest BCUT2D eigenvalue weighted by atomic mass is 9.85. The van der Waals surface area contributed by atoms with Gasteiger partial charge in [-0.2, -0.15) is 0 Å². The maximum absolute atomic E-state index is 8.79. The van der Waals surface area contributed by atoms with Crippen LogP contribution in [0.25, 0.3) is 0 Å². The Labute approximate surface area is 97.5 Å². The lowest BCUT2D eigenvalue weighted by Gasteiger charge is -2.22. The fourth-order valence-electron chi connectivity index (χ4n) is 2.36. The van der Waals surface area contributed by atoms with Gasteiger partial charge in [0.25, 0.3) is 0 Å². The molecule has 88 valence electrons. The highest BCUT2D eigenvalue weighted by Crippen LogP contribution is 2.28. The summed E-state index contributed by atoms with van der Waals surface area (Å²) in [5.74, 6) is 0.763. The van der Waals surface area contributed by atoms with Gasteiger partial charge in [-0.3, -0.25) is 5.26 Å². The average Bonchev–Trinajstić information content (AvgIpc) is 2.34. The van der Waals surface area contributed by atoms with Gasteiger partial charge in [0.05, 0.1) is 0 Å². The molecule has 0 spiro atoms. The first-order chi connectivity index (χ1) is 8.45. The summed E-state index contributed by atoms with van der Waals surface area (Å²) in [5, 5.41) is 8.79. The first kappa shape index (κ1) is 8.77. The molecule has 0 aromatic heterocycles. The van der Waals surface area contributed by atoms with Crippen molar-refractivity contribution in [2.75, 3.05) is 0 Å². The molecule has 1 aliphatic rings. The summed E-state index contributed by atoms with van der Waals surface area (Å²) in [4.78, 5) is 4.27. The smallest absolute Gasteiger partial charge is 0.113 e. The van der Waals surface area contributed by atoms with Crippen LogP contribution < -0.4 is 0 Å². The molecule has 0 aliphatic heterocycles. The van der Waals surface area contributed by atoms with Crippen LogP contribution in [0.3, 0.4) is 0 Å². The Morgan fingerprint density at radius 1 is 1.53 bits per heavy atom. The van der Waals surface area contributed by atoms with E-state index in [-0.39, 0.29) is 5.57 Å². The molecule has 0 bridgehead atoms. The van der Waals surface area contributed by atoms with E-state index >= 15 is 0 Å². The summed E-state index contributed by atoms with van der Waals surface area (Å²) in [5.41, 5.74) is -0.00589. The van der Waals surface area contributed by atoms with Gasteiger partial charge in [-0.15, -0.1) is 0 Å². The largest absolute Gasteiger partial charge is 0.251 e. The van der Waals surface area contributed by atoms with E-state index in [1.807, 2.05) is 0 Å².